The fourth-order valence-corrected chi connectivity index (χ4v) is 1.68. The molecule has 0 spiro atoms. The first kappa shape index (κ1) is 13.3. The highest BCUT2D eigenvalue weighted by Gasteiger charge is 2.05. The Balaban J connectivity index is 2.00. The summed E-state index contributed by atoms with van der Waals surface area (Å²) in [5.74, 6) is 0.524. The SMILES string of the molecule is Cc1nc(-c2ccc(NC(=O)CCCO)cc2)co1. The van der Waals surface area contributed by atoms with Crippen LogP contribution in [-0.2, 0) is 4.79 Å². The minimum Gasteiger partial charge on any atom is -0.449 e. The Hall–Kier alpha value is -2.14. The van der Waals surface area contributed by atoms with Crippen LogP contribution in [0.25, 0.3) is 11.3 Å². The van der Waals surface area contributed by atoms with Gasteiger partial charge >= 0.3 is 0 Å². The van der Waals surface area contributed by atoms with E-state index in [9.17, 15) is 4.79 Å². The Morgan fingerprint density at radius 1 is 1.37 bits per heavy atom. The molecule has 2 N–H and O–H groups in total. The number of hydrogen-bond acceptors (Lipinski definition) is 4. The average molecular weight is 260 g/mol. The van der Waals surface area contributed by atoms with Crippen molar-refractivity contribution in [2.24, 2.45) is 0 Å². The van der Waals surface area contributed by atoms with Crippen molar-refractivity contribution in [1.82, 2.24) is 4.98 Å². The molecule has 0 radical (unpaired) electrons. The largest absolute Gasteiger partial charge is 0.449 e. The number of anilines is 1. The van der Waals surface area contributed by atoms with Crippen LogP contribution in [0.1, 0.15) is 18.7 Å². The van der Waals surface area contributed by atoms with Gasteiger partial charge in [-0.25, -0.2) is 4.98 Å². The molecule has 0 fully saturated rings. The van der Waals surface area contributed by atoms with E-state index >= 15 is 0 Å². The van der Waals surface area contributed by atoms with Gasteiger partial charge in [0.1, 0.15) is 12.0 Å². The van der Waals surface area contributed by atoms with Gasteiger partial charge in [-0.15, -0.1) is 0 Å². The summed E-state index contributed by atoms with van der Waals surface area (Å²) in [5, 5.41) is 11.4. The van der Waals surface area contributed by atoms with Crippen LogP contribution >= 0.6 is 0 Å². The van der Waals surface area contributed by atoms with E-state index < -0.39 is 0 Å². The number of aliphatic hydroxyl groups excluding tert-OH is 1. The summed E-state index contributed by atoms with van der Waals surface area (Å²) in [5.41, 5.74) is 2.44. The lowest BCUT2D eigenvalue weighted by molar-refractivity contribution is -0.116. The summed E-state index contributed by atoms with van der Waals surface area (Å²) in [6, 6.07) is 7.38. The molecule has 2 rings (SSSR count). The maximum atomic E-state index is 11.5. The lowest BCUT2D eigenvalue weighted by Gasteiger charge is -2.05. The number of carbonyl (C=O) groups excluding carboxylic acids is 1. The highest BCUT2D eigenvalue weighted by molar-refractivity contribution is 5.90. The van der Waals surface area contributed by atoms with E-state index in [0.717, 1.165) is 16.9 Å². The van der Waals surface area contributed by atoms with Crippen molar-refractivity contribution in [3.63, 3.8) is 0 Å². The van der Waals surface area contributed by atoms with Gasteiger partial charge in [0.2, 0.25) is 5.91 Å². The molecule has 0 atom stereocenters. The monoisotopic (exact) mass is 260 g/mol. The molecular weight excluding hydrogens is 244 g/mol. The molecule has 100 valence electrons. The number of amides is 1. The minimum atomic E-state index is -0.0981. The molecule has 0 aliphatic heterocycles. The fraction of sp³-hybridized carbons (Fsp3) is 0.286. The van der Waals surface area contributed by atoms with Gasteiger partial charge in [-0.2, -0.15) is 0 Å². The molecule has 1 aromatic carbocycles. The van der Waals surface area contributed by atoms with Gasteiger partial charge in [-0.05, 0) is 18.6 Å². The highest BCUT2D eigenvalue weighted by atomic mass is 16.3. The number of aliphatic hydroxyl groups is 1. The quantitative estimate of drug-likeness (QED) is 0.865. The van der Waals surface area contributed by atoms with E-state index in [-0.39, 0.29) is 12.5 Å². The van der Waals surface area contributed by atoms with Gasteiger partial charge in [-0.1, -0.05) is 12.1 Å². The zero-order valence-electron chi connectivity index (χ0n) is 10.7. The summed E-state index contributed by atoms with van der Waals surface area (Å²) < 4.78 is 5.15. The molecule has 1 aromatic heterocycles. The maximum absolute atomic E-state index is 11.5. The molecular formula is C14H16N2O3. The van der Waals surface area contributed by atoms with Crippen molar-refractivity contribution in [3.05, 3.63) is 36.4 Å². The van der Waals surface area contributed by atoms with Gasteiger partial charge in [0, 0.05) is 31.2 Å². The van der Waals surface area contributed by atoms with Crippen LogP contribution in [0.15, 0.2) is 34.9 Å². The molecule has 0 unspecified atom stereocenters. The average Bonchev–Trinajstić information content (AvgIpc) is 2.84. The topological polar surface area (TPSA) is 75.4 Å². The van der Waals surface area contributed by atoms with E-state index in [1.54, 1.807) is 13.2 Å². The van der Waals surface area contributed by atoms with Crippen molar-refractivity contribution < 1.29 is 14.3 Å². The van der Waals surface area contributed by atoms with Gasteiger partial charge in [-0.3, -0.25) is 4.79 Å². The Labute approximate surface area is 111 Å². The minimum absolute atomic E-state index is 0.0257. The van der Waals surface area contributed by atoms with Crippen LogP contribution in [0, 0.1) is 6.92 Å². The molecule has 1 amide bonds. The Morgan fingerprint density at radius 3 is 2.68 bits per heavy atom. The molecule has 0 saturated heterocycles. The highest BCUT2D eigenvalue weighted by Crippen LogP contribution is 2.20. The first-order valence-corrected chi connectivity index (χ1v) is 6.12. The summed E-state index contributed by atoms with van der Waals surface area (Å²) in [6.45, 7) is 1.82. The predicted octanol–water partition coefficient (Wildman–Crippen LogP) is 2.36. The number of aromatic nitrogens is 1. The Bertz CT molecular complexity index is 546. The van der Waals surface area contributed by atoms with Crippen molar-refractivity contribution in [2.45, 2.75) is 19.8 Å². The molecule has 0 aliphatic carbocycles. The van der Waals surface area contributed by atoms with Gasteiger partial charge in [0.25, 0.3) is 0 Å². The molecule has 5 nitrogen and oxygen atoms in total. The van der Waals surface area contributed by atoms with E-state index in [1.165, 1.54) is 0 Å². The van der Waals surface area contributed by atoms with Crippen LogP contribution in [-0.4, -0.2) is 22.6 Å². The molecule has 0 aliphatic rings. The lowest BCUT2D eigenvalue weighted by Crippen LogP contribution is -2.11. The number of nitrogens with zero attached hydrogens (tertiary/aromatic N) is 1. The summed E-state index contributed by atoms with van der Waals surface area (Å²) in [7, 11) is 0. The standard InChI is InChI=1S/C14H16N2O3/c1-10-15-13(9-19-10)11-4-6-12(7-5-11)16-14(18)3-2-8-17/h4-7,9,17H,2-3,8H2,1H3,(H,16,18). The summed E-state index contributed by atoms with van der Waals surface area (Å²) in [4.78, 5) is 15.7. The normalized spacial score (nSPS) is 10.4. The van der Waals surface area contributed by atoms with E-state index in [0.29, 0.717) is 18.7 Å². The van der Waals surface area contributed by atoms with Crippen molar-refractivity contribution in [2.75, 3.05) is 11.9 Å². The molecule has 2 aromatic rings. The second-order valence-corrected chi connectivity index (χ2v) is 4.20. The van der Waals surface area contributed by atoms with E-state index in [1.807, 2.05) is 24.3 Å². The number of aryl methyl sites for hydroxylation is 1. The first-order chi connectivity index (χ1) is 9.19. The van der Waals surface area contributed by atoms with Crippen LogP contribution < -0.4 is 5.32 Å². The van der Waals surface area contributed by atoms with Crippen molar-refractivity contribution in [3.8, 4) is 11.3 Å². The van der Waals surface area contributed by atoms with Crippen molar-refractivity contribution >= 4 is 11.6 Å². The smallest absolute Gasteiger partial charge is 0.224 e. The van der Waals surface area contributed by atoms with Crippen LogP contribution in [0.4, 0.5) is 5.69 Å². The van der Waals surface area contributed by atoms with Gasteiger partial charge < -0.3 is 14.8 Å². The molecule has 0 saturated carbocycles. The molecule has 19 heavy (non-hydrogen) atoms. The first-order valence-electron chi connectivity index (χ1n) is 6.12. The molecule has 1 heterocycles. The number of carbonyl (C=O) groups is 1. The van der Waals surface area contributed by atoms with E-state index in [4.69, 9.17) is 9.52 Å². The second kappa shape index (κ2) is 6.15. The van der Waals surface area contributed by atoms with Gasteiger partial charge in [0.15, 0.2) is 5.89 Å². The van der Waals surface area contributed by atoms with Crippen molar-refractivity contribution in [1.29, 1.82) is 0 Å². The summed E-state index contributed by atoms with van der Waals surface area (Å²) in [6.07, 6.45) is 2.40. The van der Waals surface area contributed by atoms with Crippen LogP contribution in [0.5, 0.6) is 0 Å². The van der Waals surface area contributed by atoms with E-state index in [2.05, 4.69) is 10.3 Å². The third-order valence-corrected chi connectivity index (χ3v) is 2.65. The zero-order valence-corrected chi connectivity index (χ0v) is 10.7. The number of rotatable bonds is 5. The summed E-state index contributed by atoms with van der Waals surface area (Å²) >= 11 is 0. The zero-order chi connectivity index (χ0) is 13.7. The number of benzene rings is 1. The molecule has 5 heteroatoms. The van der Waals surface area contributed by atoms with Gasteiger partial charge in [0.05, 0.1) is 0 Å². The number of hydrogen-bond donors (Lipinski definition) is 2. The Kier molecular flexibility index (Phi) is 4.30. The predicted molar refractivity (Wildman–Crippen MR) is 71.6 cm³/mol. The van der Waals surface area contributed by atoms with Crippen LogP contribution in [0.3, 0.4) is 0 Å². The molecule has 0 bridgehead atoms. The fourth-order valence-electron chi connectivity index (χ4n) is 1.68. The third kappa shape index (κ3) is 3.66. The second-order valence-electron chi connectivity index (χ2n) is 4.20. The Morgan fingerprint density at radius 2 is 2.11 bits per heavy atom. The maximum Gasteiger partial charge on any atom is 0.224 e. The van der Waals surface area contributed by atoms with Crippen LogP contribution in [0.2, 0.25) is 0 Å². The number of oxazole rings is 1. The lowest BCUT2D eigenvalue weighted by atomic mass is 10.1. The third-order valence-electron chi connectivity index (χ3n) is 2.65. The number of nitrogens with one attached hydrogen (secondary N) is 1.